The Morgan fingerprint density at radius 3 is 2.55 bits per heavy atom. The Morgan fingerprint density at radius 1 is 1.14 bits per heavy atom. The second-order valence-electron chi connectivity index (χ2n) is 17.1. The number of halogens is 1. The van der Waals surface area contributed by atoms with Gasteiger partial charge in [0, 0.05) is 23.9 Å². The highest BCUT2D eigenvalue weighted by atomic mass is 32.2. The number of allylic oxidation sites excluding steroid dienone is 1. The number of benzene rings is 1. The van der Waals surface area contributed by atoms with E-state index in [0.717, 1.165) is 6.42 Å². The summed E-state index contributed by atoms with van der Waals surface area (Å²) in [6.45, 7) is 12.5. The molecule has 3 fully saturated rings. The molecule has 4 amide bonds. The van der Waals surface area contributed by atoms with Crippen molar-refractivity contribution in [2.45, 2.75) is 127 Å². The third-order valence-electron chi connectivity index (χ3n) is 11.3. The van der Waals surface area contributed by atoms with Crippen LogP contribution in [0.3, 0.4) is 0 Å². The molecule has 1 aromatic carbocycles. The Morgan fingerprint density at radius 2 is 1.88 bits per heavy atom. The van der Waals surface area contributed by atoms with Crippen LogP contribution in [0.2, 0.25) is 0 Å². The molecule has 56 heavy (non-hydrogen) atoms. The molecular weight excluding hydrogens is 746 g/mol. The molecule has 16 heteroatoms. The minimum absolute atomic E-state index is 0.0479. The van der Waals surface area contributed by atoms with Gasteiger partial charge >= 0.3 is 6.09 Å². The Hall–Kier alpha value is -4.47. The third kappa shape index (κ3) is 8.74. The van der Waals surface area contributed by atoms with Crippen LogP contribution in [0.15, 0.2) is 36.5 Å². The Balaban J connectivity index is 1.35. The van der Waals surface area contributed by atoms with Gasteiger partial charge in [0.05, 0.1) is 17.9 Å². The number of carbonyl (C=O) groups excluding carboxylic acids is 4. The van der Waals surface area contributed by atoms with Crippen molar-refractivity contribution in [2.75, 3.05) is 13.2 Å². The van der Waals surface area contributed by atoms with Crippen LogP contribution in [0, 0.1) is 23.6 Å². The van der Waals surface area contributed by atoms with E-state index in [1.165, 1.54) is 17.2 Å². The van der Waals surface area contributed by atoms with Gasteiger partial charge in [-0.05, 0) is 109 Å². The van der Waals surface area contributed by atoms with Gasteiger partial charge < -0.3 is 29.7 Å². The molecule has 14 nitrogen and oxygen atoms in total. The Bertz CT molecular complexity index is 2020. The molecule has 2 aromatic rings. The van der Waals surface area contributed by atoms with Crippen LogP contribution in [0.1, 0.15) is 93.4 Å². The Kier molecular flexibility index (Phi) is 11.4. The lowest BCUT2D eigenvalue weighted by Gasteiger charge is -2.33. The predicted octanol–water partition coefficient (Wildman–Crippen LogP) is 4.90. The first-order valence-corrected chi connectivity index (χ1v) is 21.0. The summed E-state index contributed by atoms with van der Waals surface area (Å²) in [5.74, 6) is -3.27. The molecule has 2 aliphatic carbocycles. The zero-order valence-corrected chi connectivity index (χ0v) is 34.0. The van der Waals surface area contributed by atoms with Gasteiger partial charge in [-0.2, -0.15) is 0 Å². The van der Waals surface area contributed by atoms with Gasteiger partial charge in [0.25, 0.3) is 5.91 Å². The minimum atomic E-state index is -4.03. The van der Waals surface area contributed by atoms with Crippen LogP contribution in [0.25, 0.3) is 10.8 Å². The molecule has 7 atom stereocenters. The second-order valence-corrected chi connectivity index (χ2v) is 19.3. The number of pyridine rings is 1. The number of amides is 4. The molecule has 4 aliphatic rings. The van der Waals surface area contributed by atoms with Gasteiger partial charge in [0.15, 0.2) is 11.6 Å². The average molecular weight is 800 g/mol. The topological polar surface area (TPSA) is 182 Å². The lowest BCUT2D eigenvalue weighted by molar-refractivity contribution is -0.142. The zero-order valence-electron chi connectivity index (χ0n) is 33.1. The van der Waals surface area contributed by atoms with Crippen LogP contribution in [-0.2, 0) is 29.1 Å². The summed E-state index contributed by atoms with van der Waals surface area (Å²) in [4.78, 5) is 62.1. The van der Waals surface area contributed by atoms with E-state index in [2.05, 4.69) is 27.3 Å². The molecule has 0 bridgehead atoms. The summed E-state index contributed by atoms with van der Waals surface area (Å²) in [5.41, 5.74) is -2.42. The van der Waals surface area contributed by atoms with Crippen molar-refractivity contribution in [1.29, 1.82) is 0 Å². The van der Waals surface area contributed by atoms with Crippen LogP contribution < -0.4 is 24.8 Å². The van der Waals surface area contributed by atoms with E-state index in [9.17, 15) is 27.6 Å². The van der Waals surface area contributed by atoms with E-state index in [0.29, 0.717) is 36.5 Å². The average Bonchev–Trinajstić information content (AvgIpc) is 3.98. The van der Waals surface area contributed by atoms with Crippen LogP contribution >= 0.6 is 0 Å². The van der Waals surface area contributed by atoms with Gasteiger partial charge in [-0.25, -0.2) is 22.6 Å². The quantitative estimate of drug-likeness (QED) is 0.311. The van der Waals surface area contributed by atoms with Gasteiger partial charge in [0.2, 0.25) is 27.7 Å². The number of ether oxygens (including phenoxy) is 3. The largest absolute Gasteiger partial charge is 0.491 e. The fourth-order valence-corrected chi connectivity index (χ4v) is 9.01. The van der Waals surface area contributed by atoms with Crippen LogP contribution in [0.4, 0.5) is 9.18 Å². The molecule has 1 saturated heterocycles. The van der Waals surface area contributed by atoms with Crippen molar-refractivity contribution in [1.82, 2.24) is 25.2 Å². The molecular formula is C40H54FN5O9S. The molecule has 3 heterocycles. The van der Waals surface area contributed by atoms with Gasteiger partial charge in [0.1, 0.15) is 29.3 Å². The fourth-order valence-electron chi connectivity index (χ4n) is 7.70. The first-order chi connectivity index (χ1) is 26.3. The highest BCUT2D eigenvalue weighted by molar-refractivity contribution is 7.91. The van der Waals surface area contributed by atoms with Crippen LogP contribution in [-0.4, -0.2) is 89.3 Å². The molecule has 0 unspecified atom stereocenters. The minimum Gasteiger partial charge on any atom is -0.491 e. The van der Waals surface area contributed by atoms with Crippen molar-refractivity contribution in [3.63, 3.8) is 0 Å². The number of rotatable bonds is 8. The van der Waals surface area contributed by atoms with E-state index in [4.69, 9.17) is 14.2 Å². The van der Waals surface area contributed by atoms with Crippen molar-refractivity contribution < 1.29 is 46.2 Å². The summed E-state index contributed by atoms with van der Waals surface area (Å²) in [6.07, 6.45) is 6.57. The number of fused-ring (bicyclic) bond motifs is 3. The molecule has 306 valence electrons. The Labute approximate surface area is 327 Å². The van der Waals surface area contributed by atoms with Crippen molar-refractivity contribution >= 4 is 44.6 Å². The second kappa shape index (κ2) is 15.5. The normalized spacial score (nSPS) is 29.8. The molecule has 0 spiro atoms. The monoisotopic (exact) mass is 799 g/mol. The van der Waals surface area contributed by atoms with Gasteiger partial charge in [-0.3, -0.25) is 19.1 Å². The van der Waals surface area contributed by atoms with E-state index in [-0.39, 0.29) is 49.5 Å². The summed E-state index contributed by atoms with van der Waals surface area (Å²) in [6, 6.07) is 2.19. The molecule has 0 radical (unpaired) electrons. The molecule has 3 N–H and O–H groups in total. The van der Waals surface area contributed by atoms with E-state index in [1.54, 1.807) is 46.8 Å². The number of aromatic nitrogens is 1. The molecule has 1 aromatic heterocycles. The predicted molar refractivity (Wildman–Crippen MR) is 206 cm³/mol. The molecule has 6 rings (SSSR count). The maximum Gasteiger partial charge on any atom is 0.408 e. The highest BCUT2D eigenvalue weighted by Crippen LogP contribution is 2.47. The number of carbonyl (C=O) groups is 4. The number of hydrogen-bond donors (Lipinski definition) is 3. The first kappa shape index (κ1) is 41.2. The lowest BCUT2D eigenvalue weighted by atomic mass is 9.88. The summed E-state index contributed by atoms with van der Waals surface area (Å²) in [5, 5.41) is 6.60. The number of sulfonamides is 1. The van der Waals surface area contributed by atoms with Crippen molar-refractivity contribution in [3.05, 3.63) is 42.4 Å². The maximum atomic E-state index is 15.1. The van der Waals surface area contributed by atoms with Crippen molar-refractivity contribution in [3.8, 4) is 11.6 Å². The standard InChI is InChI=1S/C40H54FN5O9S/c1-8-53-31-18-25-13-16-42-34(28(25)20-29(31)41)54-27-19-30-33(47)44-40(36(49)45-56(51,52)39(7)14-15-39)21-26(40)12-10-9-11-23(2)17-24(3)32(35(48)46(30)22-27)43-37(50)55-38(4,5)6/h10,12-13,16,18,20,23-24,26-27,30,32H,8-9,11,14-15,17,19,21-22H2,1-7H3,(H,43,50)(H,44,47)(H,45,49)/b12-10-/t23-,24-,26-,27-,30+,32+,40-/m1/s1. The lowest BCUT2D eigenvalue weighted by Crippen LogP contribution is -2.59. The number of nitrogens with one attached hydrogen (secondary N) is 3. The van der Waals surface area contributed by atoms with Crippen LogP contribution in [0.5, 0.6) is 11.6 Å². The van der Waals surface area contributed by atoms with Crippen molar-refractivity contribution in [2.24, 2.45) is 17.8 Å². The number of nitrogens with zero attached hydrogens (tertiary/aromatic N) is 2. The number of hydrogen-bond acceptors (Lipinski definition) is 10. The number of alkyl carbamates (subject to hydrolysis) is 1. The molecule has 2 aliphatic heterocycles. The third-order valence-corrected chi connectivity index (χ3v) is 13.4. The summed E-state index contributed by atoms with van der Waals surface area (Å²) in [7, 11) is -4.03. The zero-order chi connectivity index (χ0) is 40.8. The van der Waals surface area contributed by atoms with E-state index < -0.39 is 79.6 Å². The van der Waals surface area contributed by atoms with E-state index in [1.807, 2.05) is 19.1 Å². The van der Waals surface area contributed by atoms with E-state index >= 15 is 4.39 Å². The maximum absolute atomic E-state index is 15.1. The van der Waals surface area contributed by atoms with Gasteiger partial charge in [-0.15, -0.1) is 0 Å². The fraction of sp³-hybridized carbons (Fsp3) is 0.625. The summed E-state index contributed by atoms with van der Waals surface area (Å²) >= 11 is 0. The summed E-state index contributed by atoms with van der Waals surface area (Å²) < 4.78 is 59.9. The smallest absolute Gasteiger partial charge is 0.408 e. The SMILES string of the molecule is CCOc1cc2ccnc(O[C@@H]3C[C@H]4C(=O)N[C@]5(C(=O)NS(=O)(=O)C6(C)CC6)C[C@H]5/C=C\CC[C@@H](C)C[C@@H](C)[C@H](NC(=O)OC(C)(C)C)C(=O)N4C3)c2cc1F. The first-order valence-electron chi connectivity index (χ1n) is 19.5. The highest BCUT2D eigenvalue weighted by Gasteiger charge is 2.63. The van der Waals surface area contributed by atoms with Gasteiger partial charge in [-0.1, -0.05) is 26.0 Å². The molecule has 2 saturated carbocycles.